The molecule has 1 aromatic heterocycles. The number of aryl methyl sites for hydroxylation is 1. The summed E-state index contributed by atoms with van der Waals surface area (Å²) in [5.74, 6) is 0.493. The molecule has 2 heterocycles. The van der Waals surface area contributed by atoms with Crippen molar-refractivity contribution < 1.29 is 13.9 Å². The topological polar surface area (TPSA) is 42.4 Å². The third kappa shape index (κ3) is 3.57. The number of ether oxygens (including phenoxy) is 1. The van der Waals surface area contributed by atoms with E-state index in [0.29, 0.717) is 18.5 Å². The SMILES string of the molecule is COc1ccc2nc(C)c(C(=O)N3CCCC3Cc3cccc(F)c3)cc2c1. The molecule has 0 saturated carbocycles. The van der Waals surface area contributed by atoms with E-state index in [9.17, 15) is 9.18 Å². The predicted molar refractivity (Wildman–Crippen MR) is 107 cm³/mol. The molecule has 2 aromatic carbocycles. The number of fused-ring (bicyclic) bond motifs is 1. The maximum atomic E-state index is 13.5. The Morgan fingerprint density at radius 3 is 2.89 bits per heavy atom. The van der Waals surface area contributed by atoms with Crippen LogP contribution in [-0.2, 0) is 6.42 Å². The molecule has 1 unspecified atom stereocenters. The number of hydrogen-bond donors (Lipinski definition) is 0. The van der Waals surface area contributed by atoms with Gasteiger partial charge in [-0.05, 0) is 68.1 Å². The Kier molecular flexibility index (Phi) is 4.99. The quantitative estimate of drug-likeness (QED) is 0.669. The van der Waals surface area contributed by atoms with Crippen molar-refractivity contribution >= 4 is 16.8 Å². The zero-order chi connectivity index (χ0) is 19.7. The minimum atomic E-state index is -0.239. The van der Waals surface area contributed by atoms with Crippen molar-refractivity contribution in [1.82, 2.24) is 9.88 Å². The van der Waals surface area contributed by atoms with Crippen LogP contribution in [0.1, 0.15) is 34.5 Å². The van der Waals surface area contributed by atoms with Crippen molar-refractivity contribution in [2.24, 2.45) is 0 Å². The molecule has 1 aliphatic heterocycles. The Morgan fingerprint density at radius 1 is 1.25 bits per heavy atom. The van der Waals surface area contributed by atoms with Gasteiger partial charge in [-0.3, -0.25) is 9.78 Å². The summed E-state index contributed by atoms with van der Waals surface area (Å²) in [7, 11) is 1.62. The summed E-state index contributed by atoms with van der Waals surface area (Å²) in [5.41, 5.74) is 3.10. The number of methoxy groups -OCH3 is 1. The molecule has 1 amide bonds. The van der Waals surface area contributed by atoms with Gasteiger partial charge in [0.15, 0.2) is 0 Å². The van der Waals surface area contributed by atoms with Crippen molar-refractivity contribution in [3.8, 4) is 5.75 Å². The minimum absolute atomic E-state index is 0.00590. The lowest BCUT2D eigenvalue weighted by Crippen LogP contribution is -2.37. The zero-order valence-electron chi connectivity index (χ0n) is 16.1. The number of nitrogens with zero attached hydrogens (tertiary/aromatic N) is 2. The van der Waals surface area contributed by atoms with Gasteiger partial charge in [0.2, 0.25) is 0 Å². The summed E-state index contributed by atoms with van der Waals surface area (Å²) in [6, 6.07) is 14.3. The van der Waals surface area contributed by atoms with Crippen molar-refractivity contribution in [2.75, 3.05) is 13.7 Å². The molecule has 1 saturated heterocycles. The fraction of sp³-hybridized carbons (Fsp3) is 0.304. The Bertz CT molecular complexity index is 1030. The second kappa shape index (κ2) is 7.58. The van der Waals surface area contributed by atoms with Gasteiger partial charge in [-0.15, -0.1) is 0 Å². The number of carbonyl (C=O) groups is 1. The Hall–Kier alpha value is -2.95. The van der Waals surface area contributed by atoms with Crippen LogP contribution in [0.25, 0.3) is 10.9 Å². The molecule has 1 fully saturated rings. The van der Waals surface area contributed by atoms with E-state index in [2.05, 4.69) is 4.98 Å². The lowest BCUT2D eigenvalue weighted by Gasteiger charge is -2.25. The molecule has 1 aliphatic rings. The number of halogens is 1. The van der Waals surface area contributed by atoms with Gasteiger partial charge in [0.25, 0.3) is 5.91 Å². The first-order chi connectivity index (χ1) is 13.5. The van der Waals surface area contributed by atoms with E-state index in [4.69, 9.17) is 4.74 Å². The van der Waals surface area contributed by atoms with Crippen LogP contribution in [0.5, 0.6) is 5.75 Å². The van der Waals surface area contributed by atoms with Gasteiger partial charge in [0.05, 0.1) is 23.9 Å². The largest absolute Gasteiger partial charge is 0.497 e. The van der Waals surface area contributed by atoms with Crippen molar-refractivity contribution in [2.45, 2.75) is 32.2 Å². The smallest absolute Gasteiger partial charge is 0.255 e. The van der Waals surface area contributed by atoms with Gasteiger partial charge in [-0.25, -0.2) is 4.39 Å². The first-order valence-electron chi connectivity index (χ1n) is 9.56. The molecule has 0 spiro atoms. The van der Waals surface area contributed by atoms with Gasteiger partial charge >= 0.3 is 0 Å². The van der Waals surface area contributed by atoms with Gasteiger partial charge in [-0.1, -0.05) is 12.1 Å². The Morgan fingerprint density at radius 2 is 2.11 bits per heavy atom. The van der Waals surface area contributed by atoms with Crippen LogP contribution in [0.2, 0.25) is 0 Å². The molecule has 144 valence electrons. The maximum Gasteiger partial charge on any atom is 0.255 e. The highest BCUT2D eigenvalue weighted by Crippen LogP contribution is 2.27. The molecule has 0 bridgehead atoms. The van der Waals surface area contributed by atoms with Crippen LogP contribution >= 0.6 is 0 Å². The van der Waals surface area contributed by atoms with E-state index in [1.807, 2.05) is 42.2 Å². The highest BCUT2D eigenvalue weighted by molar-refractivity contribution is 5.99. The van der Waals surface area contributed by atoms with Gasteiger partial charge in [-0.2, -0.15) is 0 Å². The van der Waals surface area contributed by atoms with Crippen LogP contribution in [0, 0.1) is 12.7 Å². The highest BCUT2D eigenvalue weighted by Gasteiger charge is 2.30. The molecule has 4 nitrogen and oxygen atoms in total. The number of amides is 1. The van der Waals surface area contributed by atoms with Crippen LogP contribution in [0.15, 0.2) is 48.5 Å². The van der Waals surface area contributed by atoms with Crippen LogP contribution in [0.3, 0.4) is 0 Å². The fourth-order valence-electron chi connectivity index (χ4n) is 4.00. The second-order valence-electron chi connectivity index (χ2n) is 7.31. The summed E-state index contributed by atoms with van der Waals surface area (Å²) in [6.45, 7) is 2.59. The first kappa shape index (κ1) is 18.4. The van der Waals surface area contributed by atoms with Gasteiger partial charge in [0.1, 0.15) is 11.6 Å². The normalized spacial score (nSPS) is 16.5. The molecular weight excluding hydrogens is 355 g/mol. The maximum absolute atomic E-state index is 13.5. The number of likely N-dealkylation sites (tertiary alicyclic amines) is 1. The average molecular weight is 378 g/mol. The number of rotatable bonds is 4. The highest BCUT2D eigenvalue weighted by atomic mass is 19.1. The fourth-order valence-corrected chi connectivity index (χ4v) is 4.00. The predicted octanol–water partition coefficient (Wildman–Crippen LogP) is 4.54. The number of benzene rings is 2. The summed E-state index contributed by atoms with van der Waals surface area (Å²) >= 11 is 0. The van der Waals surface area contributed by atoms with Crippen LogP contribution < -0.4 is 4.74 Å². The molecule has 1 atom stereocenters. The molecule has 28 heavy (non-hydrogen) atoms. The number of hydrogen-bond acceptors (Lipinski definition) is 3. The van der Waals surface area contributed by atoms with E-state index in [0.717, 1.165) is 40.8 Å². The average Bonchev–Trinajstić information content (AvgIpc) is 3.14. The van der Waals surface area contributed by atoms with Crippen molar-refractivity contribution in [3.05, 3.63) is 71.2 Å². The third-order valence-electron chi connectivity index (χ3n) is 5.44. The number of carbonyl (C=O) groups excluding carboxylic acids is 1. The van der Waals surface area contributed by atoms with E-state index in [1.54, 1.807) is 19.2 Å². The summed E-state index contributed by atoms with van der Waals surface area (Å²) in [5, 5.41) is 0.883. The van der Waals surface area contributed by atoms with Crippen molar-refractivity contribution in [3.63, 3.8) is 0 Å². The van der Waals surface area contributed by atoms with E-state index in [1.165, 1.54) is 6.07 Å². The van der Waals surface area contributed by atoms with Crippen LogP contribution in [-0.4, -0.2) is 35.5 Å². The molecule has 3 aromatic rings. The van der Waals surface area contributed by atoms with Gasteiger partial charge < -0.3 is 9.64 Å². The zero-order valence-corrected chi connectivity index (χ0v) is 16.1. The standard InChI is InChI=1S/C23H23FN2O2/c1-15-21(14-17-13-20(28-2)8-9-22(17)25-15)23(27)26-10-4-7-19(26)12-16-5-3-6-18(24)11-16/h3,5-6,8-9,11,13-14,19H,4,7,10,12H2,1-2H3. The van der Waals surface area contributed by atoms with Gasteiger partial charge in [0, 0.05) is 18.0 Å². The molecule has 5 heteroatoms. The molecular formula is C23H23FN2O2. The molecule has 0 N–H and O–H groups in total. The lowest BCUT2D eigenvalue weighted by molar-refractivity contribution is 0.0735. The summed E-state index contributed by atoms with van der Waals surface area (Å²) in [6.07, 6.45) is 2.55. The first-order valence-corrected chi connectivity index (χ1v) is 9.56. The summed E-state index contributed by atoms with van der Waals surface area (Å²) < 4.78 is 18.8. The minimum Gasteiger partial charge on any atom is -0.497 e. The monoisotopic (exact) mass is 378 g/mol. The number of pyridine rings is 1. The van der Waals surface area contributed by atoms with E-state index >= 15 is 0 Å². The van der Waals surface area contributed by atoms with E-state index < -0.39 is 0 Å². The third-order valence-corrected chi connectivity index (χ3v) is 5.44. The second-order valence-corrected chi connectivity index (χ2v) is 7.31. The van der Waals surface area contributed by atoms with E-state index in [-0.39, 0.29) is 17.8 Å². The molecule has 0 radical (unpaired) electrons. The van der Waals surface area contributed by atoms with Crippen molar-refractivity contribution in [1.29, 1.82) is 0 Å². The Labute approximate surface area is 164 Å². The van der Waals surface area contributed by atoms with Crippen LogP contribution in [0.4, 0.5) is 4.39 Å². The summed E-state index contributed by atoms with van der Waals surface area (Å²) in [4.78, 5) is 19.8. The molecule has 0 aliphatic carbocycles. The number of aromatic nitrogens is 1. The lowest BCUT2D eigenvalue weighted by atomic mass is 10.0. The Balaban J connectivity index is 1.63. The molecule has 4 rings (SSSR count).